The number of hydrogen-bond donors (Lipinski definition) is 0. The van der Waals surface area contributed by atoms with Crippen LogP contribution in [0.3, 0.4) is 0 Å². The van der Waals surface area contributed by atoms with Crippen molar-refractivity contribution < 1.29 is 17.9 Å². The van der Waals surface area contributed by atoms with Crippen LogP contribution in [-0.2, 0) is 14.8 Å². The molecule has 5 nitrogen and oxygen atoms in total. The van der Waals surface area contributed by atoms with Gasteiger partial charge in [-0.05, 0) is 61.9 Å². The molecule has 0 radical (unpaired) electrons. The first kappa shape index (κ1) is 21.3. The summed E-state index contributed by atoms with van der Waals surface area (Å²) in [4.78, 5) is 13.1. The van der Waals surface area contributed by atoms with Crippen LogP contribution in [0.4, 0.5) is 5.69 Å². The molecule has 0 bridgehead atoms. The highest BCUT2D eigenvalue weighted by atomic mass is 32.2. The minimum atomic E-state index is -4.10. The molecule has 1 amide bonds. The average molecular weight is 422 g/mol. The summed E-state index contributed by atoms with van der Waals surface area (Å²) in [5.41, 5.74) is 2.14. The van der Waals surface area contributed by atoms with Gasteiger partial charge in [0.05, 0.1) is 17.2 Å². The second-order valence-electron chi connectivity index (χ2n) is 6.59. The topological polar surface area (TPSA) is 63.7 Å². The molecule has 3 aromatic carbocycles. The Morgan fingerprint density at radius 1 is 0.933 bits per heavy atom. The van der Waals surface area contributed by atoms with Gasteiger partial charge in [0.25, 0.3) is 15.9 Å². The average Bonchev–Trinajstić information content (AvgIpc) is 2.75. The van der Waals surface area contributed by atoms with E-state index in [1.54, 1.807) is 48.5 Å². The number of sulfonamides is 1. The molecule has 3 aromatic rings. The number of hydrogen-bond acceptors (Lipinski definition) is 4. The second-order valence-corrected chi connectivity index (χ2v) is 8.38. The van der Waals surface area contributed by atoms with Crippen molar-refractivity contribution in [2.45, 2.75) is 18.7 Å². The van der Waals surface area contributed by atoms with E-state index in [0.717, 1.165) is 15.4 Å². The van der Waals surface area contributed by atoms with Crippen LogP contribution in [0.15, 0.2) is 89.8 Å². The molecule has 0 unspecified atom stereocenters. The third-order valence-electron chi connectivity index (χ3n) is 4.36. The number of benzene rings is 3. The minimum absolute atomic E-state index is 0.0379. The van der Waals surface area contributed by atoms with E-state index >= 15 is 0 Å². The van der Waals surface area contributed by atoms with Gasteiger partial charge >= 0.3 is 0 Å². The monoisotopic (exact) mass is 421 g/mol. The maximum absolute atomic E-state index is 13.3. The Bertz CT molecular complexity index is 1120. The zero-order chi connectivity index (χ0) is 21.6. The van der Waals surface area contributed by atoms with E-state index in [4.69, 9.17) is 4.74 Å². The van der Waals surface area contributed by atoms with Crippen molar-refractivity contribution in [2.75, 3.05) is 10.9 Å². The molecule has 30 heavy (non-hydrogen) atoms. The lowest BCUT2D eigenvalue weighted by Gasteiger charge is -2.21. The molecule has 154 valence electrons. The number of ether oxygens (including phenoxy) is 1. The Morgan fingerprint density at radius 3 is 2.17 bits per heavy atom. The third kappa shape index (κ3) is 4.96. The Balaban J connectivity index is 2.00. The fraction of sp³-hybridized carbons (Fsp3) is 0.125. The van der Waals surface area contributed by atoms with Crippen LogP contribution in [0.2, 0.25) is 0 Å². The molecule has 3 rings (SSSR count). The Kier molecular flexibility index (Phi) is 6.69. The number of carbonyl (C=O) groups is 1. The molecule has 0 saturated carbocycles. The molecule has 0 aliphatic rings. The van der Waals surface area contributed by atoms with Crippen LogP contribution in [0.1, 0.15) is 18.1 Å². The molecule has 0 aromatic heterocycles. The third-order valence-corrected chi connectivity index (χ3v) is 6.10. The van der Waals surface area contributed by atoms with Crippen molar-refractivity contribution in [1.82, 2.24) is 0 Å². The summed E-state index contributed by atoms with van der Waals surface area (Å²) in [5.74, 6) is -0.0652. The van der Waals surface area contributed by atoms with E-state index in [0.29, 0.717) is 12.4 Å². The van der Waals surface area contributed by atoms with Crippen molar-refractivity contribution in [3.63, 3.8) is 0 Å². The molecule has 0 heterocycles. The molecule has 0 aliphatic heterocycles. The molecule has 0 N–H and O–H groups in total. The van der Waals surface area contributed by atoms with E-state index in [1.807, 2.05) is 38.1 Å². The normalized spacial score (nSPS) is 11.4. The molecule has 0 fully saturated rings. The summed E-state index contributed by atoms with van der Waals surface area (Å²) >= 11 is 0. The van der Waals surface area contributed by atoms with Crippen LogP contribution in [0.25, 0.3) is 6.08 Å². The van der Waals surface area contributed by atoms with Gasteiger partial charge in [0.15, 0.2) is 0 Å². The highest BCUT2D eigenvalue weighted by Gasteiger charge is 2.29. The minimum Gasteiger partial charge on any atom is -0.494 e. The zero-order valence-corrected chi connectivity index (χ0v) is 17.7. The summed E-state index contributed by atoms with van der Waals surface area (Å²) < 4.78 is 32.8. The first-order chi connectivity index (χ1) is 14.4. The molecular formula is C24H23NO4S. The first-order valence-electron chi connectivity index (χ1n) is 9.54. The Morgan fingerprint density at radius 2 is 1.57 bits per heavy atom. The number of rotatable bonds is 7. The van der Waals surface area contributed by atoms with Crippen LogP contribution in [0.5, 0.6) is 5.75 Å². The highest BCUT2D eigenvalue weighted by Crippen LogP contribution is 2.26. The smallest absolute Gasteiger partial charge is 0.271 e. The van der Waals surface area contributed by atoms with Crippen molar-refractivity contribution in [3.05, 3.63) is 96.1 Å². The summed E-state index contributed by atoms with van der Waals surface area (Å²) in [5, 5.41) is 0. The van der Waals surface area contributed by atoms with E-state index in [-0.39, 0.29) is 10.6 Å². The lowest BCUT2D eigenvalue weighted by atomic mass is 10.1. The Labute approximate surface area is 177 Å². The van der Waals surface area contributed by atoms with Gasteiger partial charge in [-0.2, -0.15) is 4.31 Å². The maximum atomic E-state index is 13.3. The second kappa shape index (κ2) is 9.41. The molecule has 6 heteroatoms. The number of carbonyl (C=O) groups excluding carboxylic acids is 1. The van der Waals surface area contributed by atoms with Gasteiger partial charge < -0.3 is 4.74 Å². The van der Waals surface area contributed by atoms with Crippen molar-refractivity contribution in [3.8, 4) is 5.75 Å². The van der Waals surface area contributed by atoms with Gasteiger partial charge in [-0.1, -0.05) is 48.0 Å². The maximum Gasteiger partial charge on any atom is 0.271 e. The van der Waals surface area contributed by atoms with Crippen LogP contribution >= 0.6 is 0 Å². The number of aryl methyl sites for hydroxylation is 1. The molecular weight excluding hydrogens is 398 g/mol. The summed E-state index contributed by atoms with van der Waals surface area (Å²) in [6.45, 7) is 4.32. The van der Waals surface area contributed by atoms with Gasteiger partial charge in [-0.25, -0.2) is 8.42 Å². The Hall–Kier alpha value is -3.38. The molecule has 0 saturated heterocycles. The fourth-order valence-electron chi connectivity index (χ4n) is 2.84. The van der Waals surface area contributed by atoms with Gasteiger partial charge in [0, 0.05) is 6.08 Å². The molecule has 0 aliphatic carbocycles. The van der Waals surface area contributed by atoms with Crippen molar-refractivity contribution >= 4 is 27.7 Å². The standard InChI is InChI=1S/C24H23NO4S/c1-3-29-22-16-14-21(15-17-22)25(30(27,28)23-7-5-4-6-8-23)24(26)18-13-20-11-9-19(2)10-12-20/h4-18H,3H2,1-2H3/b18-13+. The lowest BCUT2D eigenvalue weighted by molar-refractivity contribution is -0.113. The van der Waals surface area contributed by atoms with Crippen molar-refractivity contribution in [2.24, 2.45) is 0 Å². The fourth-order valence-corrected chi connectivity index (χ4v) is 4.25. The van der Waals surface area contributed by atoms with E-state index < -0.39 is 15.9 Å². The first-order valence-corrected chi connectivity index (χ1v) is 11.0. The van der Waals surface area contributed by atoms with E-state index in [1.165, 1.54) is 18.2 Å². The summed E-state index contributed by atoms with van der Waals surface area (Å²) in [6, 6.07) is 21.9. The van der Waals surface area contributed by atoms with Crippen LogP contribution in [-0.4, -0.2) is 20.9 Å². The van der Waals surface area contributed by atoms with Crippen LogP contribution in [0, 0.1) is 6.92 Å². The van der Waals surface area contributed by atoms with E-state index in [9.17, 15) is 13.2 Å². The zero-order valence-electron chi connectivity index (χ0n) is 16.9. The summed E-state index contributed by atoms with van der Waals surface area (Å²) in [6.07, 6.45) is 2.87. The lowest BCUT2D eigenvalue weighted by Crippen LogP contribution is -2.35. The SMILES string of the molecule is CCOc1ccc(N(C(=O)/C=C/c2ccc(C)cc2)S(=O)(=O)c2ccccc2)cc1. The van der Waals surface area contributed by atoms with Gasteiger partial charge in [-0.3, -0.25) is 4.79 Å². The molecule has 0 spiro atoms. The highest BCUT2D eigenvalue weighted by molar-refractivity contribution is 7.93. The predicted molar refractivity (Wildman–Crippen MR) is 119 cm³/mol. The summed E-state index contributed by atoms with van der Waals surface area (Å²) in [7, 11) is -4.10. The number of nitrogens with zero attached hydrogens (tertiary/aromatic N) is 1. The van der Waals surface area contributed by atoms with Crippen molar-refractivity contribution in [1.29, 1.82) is 0 Å². The number of anilines is 1. The van der Waals surface area contributed by atoms with Crippen LogP contribution < -0.4 is 9.04 Å². The predicted octanol–water partition coefficient (Wildman–Crippen LogP) is 4.83. The largest absolute Gasteiger partial charge is 0.494 e. The quantitative estimate of drug-likeness (QED) is 0.513. The molecule has 0 atom stereocenters. The van der Waals surface area contributed by atoms with Gasteiger partial charge in [0.1, 0.15) is 5.75 Å². The van der Waals surface area contributed by atoms with Gasteiger partial charge in [0.2, 0.25) is 0 Å². The van der Waals surface area contributed by atoms with E-state index in [2.05, 4.69) is 0 Å². The number of amides is 1. The van der Waals surface area contributed by atoms with Gasteiger partial charge in [-0.15, -0.1) is 0 Å².